The molecule has 0 saturated carbocycles. The molecule has 0 spiro atoms. The van der Waals surface area contributed by atoms with E-state index < -0.39 is 0 Å². The Morgan fingerprint density at radius 2 is 2.05 bits per heavy atom. The van der Waals surface area contributed by atoms with E-state index in [4.69, 9.17) is 10.6 Å². The molecule has 1 saturated heterocycles. The Morgan fingerprint density at radius 3 is 2.74 bits per heavy atom. The fourth-order valence-electron chi connectivity index (χ4n) is 1.94. The second kappa shape index (κ2) is 6.89. The van der Waals surface area contributed by atoms with E-state index in [1.165, 1.54) is 6.42 Å². The molecule has 1 aromatic rings. The van der Waals surface area contributed by atoms with Gasteiger partial charge >= 0.3 is 6.01 Å². The monoisotopic (exact) mass is 264 g/mol. The molecule has 2 heterocycles. The molecule has 0 aliphatic carbocycles. The van der Waals surface area contributed by atoms with Gasteiger partial charge in [-0.25, -0.2) is 5.84 Å². The molecule has 19 heavy (non-hydrogen) atoms. The molecule has 1 aromatic heterocycles. The van der Waals surface area contributed by atoms with Crippen molar-refractivity contribution in [3.05, 3.63) is 12.7 Å². The molecule has 0 bridgehead atoms. The summed E-state index contributed by atoms with van der Waals surface area (Å²) in [5.74, 6) is 6.32. The lowest BCUT2D eigenvalue weighted by atomic mass is 10.1. The molecule has 0 unspecified atom stereocenters. The Hall–Kier alpha value is -1.89. The topological polar surface area (TPSA) is 89.2 Å². The van der Waals surface area contributed by atoms with E-state index in [9.17, 15) is 0 Å². The summed E-state index contributed by atoms with van der Waals surface area (Å²) in [4.78, 5) is 14.8. The van der Waals surface area contributed by atoms with Crippen LogP contribution in [-0.2, 0) is 0 Å². The van der Waals surface area contributed by atoms with Crippen LogP contribution in [0.4, 0.5) is 11.9 Å². The lowest BCUT2D eigenvalue weighted by molar-refractivity contribution is 0.298. The first-order valence-electron chi connectivity index (χ1n) is 6.55. The molecule has 0 atom stereocenters. The van der Waals surface area contributed by atoms with Crippen LogP contribution in [0.5, 0.6) is 6.01 Å². The summed E-state index contributed by atoms with van der Waals surface area (Å²) in [5.41, 5.74) is 2.45. The molecule has 104 valence electrons. The number of anilines is 2. The Kier molecular flexibility index (Phi) is 4.91. The highest BCUT2D eigenvalue weighted by molar-refractivity contribution is 5.37. The van der Waals surface area contributed by atoms with Gasteiger partial charge in [0, 0.05) is 13.1 Å². The summed E-state index contributed by atoms with van der Waals surface area (Å²) >= 11 is 0. The zero-order valence-corrected chi connectivity index (χ0v) is 11.0. The minimum absolute atomic E-state index is 0.297. The number of piperidine rings is 1. The number of ether oxygens (including phenoxy) is 1. The maximum atomic E-state index is 5.46. The third-order valence-corrected chi connectivity index (χ3v) is 2.92. The molecule has 1 aliphatic rings. The van der Waals surface area contributed by atoms with E-state index in [-0.39, 0.29) is 0 Å². The molecule has 7 nitrogen and oxygen atoms in total. The van der Waals surface area contributed by atoms with E-state index in [2.05, 4.69) is 31.9 Å². The molecule has 1 fully saturated rings. The van der Waals surface area contributed by atoms with Crippen molar-refractivity contribution < 1.29 is 4.74 Å². The van der Waals surface area contributed by atoms with Gasteiger partial charge in [-0.3, -0.25) is 5.43 Å². The van der Waals surface area contributed by atoms with Gasteiger partial charge in [0.2, 0.25) is 11.9 Å². The highest BCUT2D eigenvalue weighted by Gasteiger charge is 2.16. The zero-order chi connectivity index (χ0) is 13.5. The summed E-state index contributed by atoms with van der Waals surface area (Å²) in [6, 6.07) is 0.297. The average molecular weight is 264 g/mol. The van der Waals surface area contributed by atoms with Crippen molar-refractivity contribution in [2.24, 2.45) is 5.84 Å². The van der Waals surface area contributed by atoms with E-state index in [1.807, 2.05) is 0 Å². The number of hydrogen-bond donors (Lipinski definition) is 2. The van der Waals surface area contributed by atoms with Crippen molar-refractivity contribution in [2.75, 3.05) is 30.0 Å². The van der Waals surface area contributed by atoms with Gasteiger partial charge in [-0.1, -0.05) is 6.08 Å². The summed E-state index contributed by atoms with van der Waals surface area (Å²) in [7, 11) is 0. The number of nitrogens with one attached hydrogen (secondary N) is 1. The van der Waals surface area contributed by atoms with Gasteiger partial charge < -0.3 is 9.64 Å². The maximum Gasteiger partial charge on any atom is 0.323 e. The van der Waals surface area contributed by atoms with Gasteiger partial charge in [0.25, 0.3) is 0 Å². The van der Waals surface area contributed by atoms with Gasteiger partial charge in [-0.15, -0.1) is 6.58 Å². The smallest absolute Gasteiger partial charge is 0.323 e. The quantitative estimate of drug-likeness (QED) is 0.344. The maximum absolute atomic E-state index is 5.46. The number of nitrogen functional groups attached to an aromatic ring is 1. The zero-order valence-electron chi connectivity index (χ0n) is 11.0. The lowest BCUT2D eigenvalue weighted by Gasteiger charge is -2.26. The summed E-state index contributed by atoms with van der Waals surface area (Å²) < 4.78 is 5.46. The van der Waals surface area contributed by atoms with E-state index in [0.717, 1.165) is 32.4 Å². The second-order valence-electron chi connectivity index (χ2n) is 4.36. The Labute approximate surface area is 112 Å². The van der Waals surface area contributed by atoms with Crippen molar-refractivity contribution in [3.63, 3.8) is 0 Å². The van der Waals surface area contributed by atoms with Crippen molar-refractivity contribution in [1.29, 1.82) is 0 Å². The van der Waals surface area contributed by atoms with Gasteiger partial charge in [0.15, 0.2) is 0 Å². The summed E-state index contributed by atoms with van der Waals surface area (Å²) in [6.45, 7) is 6.06. The van der Waals surface area contributed by atoms with Crippen LogP contribution >= 0.6 is 0 Å². The van der Waals surface area contributed by atoms with Crippen molar-refractivity contribution in [3.8, 4) is 6.01 Å². The number of rotatable bonds is 6. The number of hydrazine groups is 1. The molecule has 0 amide bonds. The van der Waals surface area contributed by atoms with Gasteiger partial charge in [0.05, 0.1) is 6.61 Å². The predicted molar refractivity (Wildman–Crippen MR) is 74.0 cm³/mol. The number of hydrogen-bond acceptors (Lipinski definition) is 7. The van der Waals surface area contributed by atoms with Crippen LogP contribution in [0.25, 0.3) is 0 Å². The Balaban J connectivity index is 2.12. The Bertz CT molecular complexity index is 419. The normalized spacial score (nSPS) is 15.1. The molecular weight excluding hydrogens is 244 g/mol. The average Bonchev–Trinajstić information content (AvgIpc) is 2.48. The van der Waals surface area contributed by atoms with E-state index in [0.29, 0.717) is 24.5 Å². The van der Waals surface area contributed by atoms with Crippen molar-refractivity contribution in [2.45, 2.75) is 25.7 Å². The van der Waals surface area contributed by atoms with Crippen LogP contribution in [0, 0.1) is 0 Å². The van der Waals surface area contributed by atoms with E-state index in [1.54, 1.807) is 6.08 Å². The van der Waals surface area contributed by atoms with Crippen LogP contribution in [0.3, 0.4) is 0 Å². The van der Waals surface area contributed by atoms with Crippen LogP contribution in [0.15, 0.2) is 12.7 Å². The van der Waals surface area contributed by atoms with Gasteiger partial charge in [-0.2, -0.15) is 15.0 Å². The standard InChI is InChI=1S/C12H20N6O/c1-2-3-9-19-12-15-10(17-13)14-11(16-12)18-7-5-4-6-8-18/h2H,1,3-9,13H2,(H,14,15,16,17). The number of nitrogens with zero attached hydrogens (tertiary/aromatic N) is 4. The highest BCUT2D eigenvalue weighted by atomic mass is 16.5. The third-order valence-electron chi connectivity index (χ3n) is 2.92. The van der Waals surface area contributed by atoms with Crippen molar-refractivity contribution in [1.82, 2.24) is 15.0 Å². The van der Waals surface area contributed by atoms with E-state index >= 15 is 0 Å². The molecule has 1 aliphatic heterocycles. The first-order chi connectivity index (χ1) is 9.33. The van der Waals surface area contributed by atoms with Crippen LogP contribution < -0.4 is 20.9 Å². The summed E-state index contributed by atoms with van der Waals surface area (Å²) in [6.07, 6.45) is 6.10. The van der Waals surface area contributed by atoms with Crippen LogP contribution in [0.2, 0.25) is 0 Å². The predicted octanol–water partition coefficient (Wildman–Crippen LogP) is 1.10. The third kappa shape index (κ3) is 3.78. The SMILES string of the molecule is C=CCCOc1nc(NN)nc(N2CCCCC2)n1. The summed E-state index contributed by atoms with van der Waals surface area (Å²) in [5, 5.41) is 0. The van der Waals surface area contributed by atoms with Gasteiger partial charge in [-0.05, 0) is 25.7 Å². The molecule has 7 heteroatoms. The molecule has 3 N–H and O–H groups in total. The fraction of sp³-hybridized carbons (Fsp3) is 0.583. The highest BCUT2D eigenvalue weighted by Crippen LogP contribution is 2.19. The second-order valence-corrected chi connectivity index (χ2v) is 4.36. The minimum atomic E-state index is 0.297. The first kappa shape index (κ1) is 13.5. The minimum Gasteiger partial charge on any atom is -0.463 e. The van der Waals surface area contributed by atoms with Crippen LogP contribution in [0.1, 0.15) is 25.7 Å². The number of aromatic nitrogens is 3. The van der Waals surface area contributed by atoms with Gasteiger partial charge in [0.1, 0.15) is 0 Å². The fourth-order valence-corrected chi connectivity index (χ4v) is 1.94. The first-order valence-corrected chi connectivity index (χ1v) is 6.55. The molecule has 2 rings (SSSR count). The van der Waals surface area contributed by atoms with Crippen LogP contribution in [-0.4, -0.2) is 34.6 Å². The molecule has 0 radical (unpaired) electrons. The lowest BCUT2D eigenvalue weighted by Crippen LogP contribution is -2.31. The number of nitrogens with two attached hydrogens (primary N) is 1. The molecule has 0 aromatic carbocycles. The van der Waals surface area contributed by atoms with Crippen molar-refractivity contribution >= 4 is 11.9 Å². The largest absolute Gasteiger partial charge is 0.463 e. The molecular formula is C12H20N6O. The Morgan fingerprint density at radius 1 is 1.26 bits per heavy atom.